The first kappa shape index (κ1) is 13.0. The standard InChI is InChI=1S/C13H27NO/c1-3-6-11(7-4-2)14-12-8-5-9-13(15)10-12/h11-15H,3-10H2,1-2H3. The molecule has 2 atom stereocenters. The molecule has 2 nitrogen and oxygen atoms in total. The second-order valence-electron chi connectivity index (χ2n) is 4.96. The van der Waals surface area contributed by atoms with E-state index in [1.807, 2.05) is 0 Å². The summed E-state index contributed by atoms with van der Waals surface area (Å²) >= 11 is 0. The van der Waals surface area contributed by atoms with E-state index in [1.54, 1.807) is 0 Å². The summed E-state index contributed by atoms with van der Waals surface area (Å²) in [6.45, 7) is 4.50. The zero-order chi connectivity index (χ0) is 11.1. The van der Waals surface area contributed by atoms with Crippen molar-refractivity contribution in [3.8, 4) is 0 Å². The van der Waals surface area contributed by atoms with Gasteiger partial charge in [0.1, 0.15) is 0 Å². The molecule has 0 aliphatic heterocycles. The van der Waals surface area contributed by atoms with Crippen LogP contribution >= 0.6 is 0 Å². The molecule has 0 aromatic carbocycles. The number of aliphatic hydroxyl groups excluding tert-OH is 1. The van der Waals surface area contributed by atoms with Gasteiger partial charge in [-0.1, -0.05) is 26.7 Å². The summed E-state index contributed by atoms with van der Waals surface area (Å²) in [6.07, 6.45) is 9.42. The van der Waals surface area contributed by atoms with E-state index in [2.05, 4.69) is 19.2 Å². The van der Waals surface area contributed by atoms with Crippen LogP contribution in [0.4, 0.5) is 0 Å². The lowest BCUT2D eigenvalue weighted by atomic mass is 9.91. The lowest BCUT2D eigenvalue weighted by Crippen LogP contribution is -2.42. The molecular weight excluding hydrogens is 186 g/mol. The van der Waals surface area contributed by atoms with Crippen LogP contribution in [0.25, 0.3) is 0 Å². The molecule has 1 rings (SSSR count). The fraction of sp³-hybridized carbons (Fsp3) is 1.00. The third kappa shape index (κ3) is 4.98. The normalized spacial score (nSPS) is 27.2. The SMILES string of the molecule is CCCC(CCC)NC1CCCC(O)C1. The highest BCUT2D eigenvalue weighted by Gasteiger charge is 2.21. The van der Waals surface area contributed by atoms with Gasteiger partial charge >= 0.3 is 0 Å². The second kappa shape index (κ2) is 7.24. The predicted molar refractivity (Wildman–Crippen MR) is 65.0 cm³/mol. The second-order valence-corrected chi connectivity index (χ2v) is 4.96. The summed E-state index contributed by atoms with van der Waals surface area (Å²) in [6, 6.07) is 1.24. The van der Waals surface area contributed by atoms with Crippen molar-refractivity contribution in [3.05, 3.63) is 0 Å². The van der Waals surface area contributed by atoms with E-state index in [9.17, 15) is 5.11 Å². The zero-order valence-corrected chi connectivity index (χ0v) is 10.3. The van der Waals surface area contributed by atoms with Gasteiger partial charge in [0, 0.05) is 12.1 Å². The van der Waals surface area contributed by atoms with Gasteiger partial charge in [-0.25, -0.2) is 0 Å². The average Bonchev–Trinajstić information content (AvgIpc) is 2.18. The van der Waals surface area contributed by atoms with Gasteiger partial charge in [0.2, 0.25) is 0 Å². The molecule has 0 aromatic heterocycles. The van der Waals surface area contributed by atoms with Crippen molar-refractivity contribution in [2.75, 3.05) is 0 Å². The van der Waals surface area contributed by atoms with Crippen molar-refractivity contribution in [2.24, 2.45) is 0 Å². The zero-order valence-electron chi connectivity index (χ0n) is 10.3. The van der Waals surface area contributed by atoms with Crippen LogP contribution in [0.3, 0.4) is 0 Å². The van der Waals surface area contributed by atoms with Crippen LogP contribution in [-0.2, 0) is 0 Å². The molecule has 2 heteroatoms. The van der Waals surface area contributed by atoms with Crippen LogP contribution in [0.1, 0.15) is 65.2 Å². The third-order valence-electron chi connectivity index (χ3n) is 3.39. The van der Waals surface area contributed by atoms with Gasteiger partial charge in [0.25, 0.3) is 0 Å². The molecule has 90 valence electrons. The molecule has 0 bridgehead atoms. The minimum absolute atomic E-state index is 0.0554. The van der Waals surface area contributed by atoms with Crippen molar-refractivity contribution in [1.82, 2.24) is 5.32 Å². The van der Waals surface area contributed by atoms with Gasteiger partial charge < -0.3 is 10.4 Å². The summed E-state index contributed by atoms with van der Waals surface area (Å²) in [5.41, 5.74) is 0. The molecule has 2 N–H and O–H groups in total. The number of aliphatic hydroxyl groups is 1. The minimum atomic E-state index is -0.0554. The first-order chi connectivity index (χ1) is 7.26. The highest BCUT2D eigenvalue weighted by Crippen LogP contribution is 2.20. The van der Waals surface area contributed by atoms with Crippen LogP contribution in [0.5, 0.6) is 0 Å². The molecular formula is C13H27NO. The fourth-order valence-electron chi connectivity index (χ4n) is 2.66. The van der Waals surface area contributed by atoms with E-state index in [0.29, 0.717) is 12.1 Å². The Morgan fingerprint density at radius 3 is 2.40 bits per heavy atom. The predicted octanol–water partition coefficient (Wildman–Crippen LogP) is 2.85. The number of hydrogen-bond donors (Lipinski definition) is 2. The number of rotatable bonds is 6. The van der Waals surface area contributed by atoms with Crippen molar-refractivity contribution in [3.63, 3.8) is 0 Å². The Morgan fingerprint density at radius 2 is 1.87 bits per heavy atom. The van der Waals surface area contributed by atoms with Gasteiger partial charge in [-0.05, 0) is 38.5 Å². The molecule has 1 saturated carbocycles. The van der Waals surface area contributed by atoms with E-state index in [-0.39, 0.29) is 6.10 Å². The van der Waals surface area contributed by atoms with E-state index in [1.165, 1.54) is 38.5 Å². The molecule has 0 heterocycles. The van der Waals surface area contributed by atoms with Crippen LogP contribution in [0, 0.1) is 0 Å². The van der Waals surface area contributed by atoms with E-state index < -0.39 is 0 Å². The maximum atomic E-state index is 9.61. The first-order valence-electron chi connectivity index (χ1n) is 6.70. The molecule has 1 fully saturated rings. The summed E-state index contributed by atoms with van der Waals surface area (Å²) in [7, 11) is 0. The highest BCUT2D eigenvalue weighted by atomic mass is 16.3. The van der Waals surface area contributed by atoms with E-state index in [0.717, 1.165) is 12.8 Å². The molecule has 1 aliphatic rings. The summed E-state index contributed by atoms with van der Waals surface area (Å²) < 4.78 is 0. The van der Waals surface area contributed by atoms with Gasteiger partial charge in [-0.2, -0.15) is 0 Å². The van der Waals surface area contributed by atoms with E-state index >= 15 is 0 Å². The molecule has 2 unspecified atom stereocenters. The van der Waals surface area contributed by atoms with Gasteiger partial charge in [-0.15, -0.1) is 0 Å². The molecule has 0 aromatic rings. The molecule has 0 spiro atoms. The summed E-state index contributed by atoms with van der Waals surface area (Å²) in [5.74, 6) is 0. The Labute approximate surface area is 94.5 Å². The Bertz CT molecular complexity index is 152. The Hall–Kier alpha value is -0.0800. The highest BCUT2D eigenvalue weighted by molar-refractivity contribution is 4.80. The fourth-order valence-corrected chi connectivity index (χ4v) is 2.66. The topological polar surface area (TPSA) is 32.3 Å². The quantitative estimate of drug-likeness (QED) is 0.711. The average molecular weight is 213 g/mol. The van der Waals surface area contributed by atoms with Crippen LogP contribution in [0.15, 0.2) is 0 Å². The van der Waals surface area contributed by atoms with Crippen LogP contribution < -0.4 is 5.32 Å². The lowest BCUT2D eigenvalue weighted by molar-refractivity contribution is 0.107. The maximum absolute atomic E-state index is 9.61. The van der Waals surface area contributed by atoms with Gasteiger partial charge in [-0.3, -0.25) is 0 Å². The molecule has 0 amide bonds. The first-order valence-corrected chi connectivity index (χ1v) is 6.70. The van der Waals surface area contributed by atoms with Crippen molar-refractivity contribution >= 4 is 0 Å². The van der Waals surface area contributed by atoms with E-state index in [4.69, 9.17) is 0 Å². The molecule has 1 aliphatic carbocycles. The Morgan fingerprint density at radius 1 is 1.20 bits per heavy atom. The molecule has 15 heavy (non-hydrogen) atoms. The van der Waals surface area contributed by atoms with Crippen molar-refractivity contribution < 1.29 is 5.11 Å². The number of nitrogens with one attached hydrogen (secondary N) is 1. The minimum Gasteiger partial charge on any atom is -0.393 e. The Kier molecular flexibility index (Phi) is 6.26. The third-order valence-corrected chi connectivity index (χ3v) is 3.39. The molecule has 0 radical (unpaired) electrons. The van der Waals surface area contributed by atoms with Gasteiger partial charge in [0.05, 0.1) is 6.10 Å². The number of hydrogen-bond acceptors (Lipinski definition) is 2. The Balaban J connectivity index is 2.28. The summed E-state index contributed by atoms with van der Waals surface area (Å²) in [5, 5.41) is 13.3. The maximum Gasteiger partial charge on any atom is 0.0555 e. The lowest BCUT2D eigenvalue weighted by Gasteiger charge is -2.30. The summed E-state index contributed by atoms with van der Waals surface area (Å²) in [4.78, 5) is 0. The van der Waals surface area contributed by atoms with Crippen LogP contribution in [0.2, 0.25) is 0 Å². The van der Waals surface area contributed by atoms with Gasteiger partial charge in [0.15, 0.2) is 0 Å². The van der Waals surface area contributed by atoms with Crippen LogP contribution in [-0.4, -0.2) is 23.3 Å². The molecule has 0 saturated heterocycles. The smallest absolute Gasteiger partial charge is 0.0555 e. The van der Waals surface area contributed by atoms with Crippen molar-refractivity contribution in [1.29, 1.82) is 0 Å². The van der Waals surface area contributed by atoms with Crippen molar-refractivity contribution in [2.45, 2.75) is 83.4 Å². The largest absolute Gasteiger partial charge is 0.393 e. The monoisotopic (exact) mass is 213 g/mol.